The van der Waals surface area contributed by atoms with E-state index in [0.717, 1.165) is 0 Å². The number of fused-ring (bicyclic) bond motifs is 1. The van der Waals surface area contributed by atoms with E-state index in [0.29, 0.717) is 41.4 Å². The number of aromatic carboxylic acids is 1. The maximum absolute atomic E-state index is 11.1. The van der Waals surface area contributed by atoms with E-state index in [1.807, 2.05) is 0 Å². The number of carboxylic acid groups (broad SMARTS) is 1. The first-order chi connectivity index (χ1) is 9.15. The summed E-state index contributed by atoms with van der Waals surface area (Å²) in [7, 11) is 1.61. The lowest BCUT2D eigenvalue weighted by atomic mass is 10.2. The average Bonchev–Trinajstić information content (AvgIpc) is 2.86. The molecule has 1 heterocycles. The monoisotopic (exact) mass is 332 g/mol. The van der Waals surface area contributed by atoms with Crippen LogP contribution in [0.4, 0.5) is 0 Å². The maximum atomic E-state index is 11.1. The van der Waals surface area contributed by atoms with E-state index in [9.17, 15) is 4.79 Å². The highest BCUT2D eigenvalue weighted by Crippen LogP contribution is 2.47. The van der Waals surface area contributed by atoms with Gasteiger partial charge in [-0.3, -0.25) is 0 Å². The van der Waals surface area contributed by atoms with Gasteiger partial charge in [-0.1, -0.05) is 0 Å². The Morgan fingerprint density at radius 3 is 2.84 bits per heavy atom. The van der Waals surface area contributed by atoms with E-state index in [4.69, 9.17) is 24.1 Å². The molecular weight excluding hydrogens is 320 g/mol. The quantitative estimate of drug-likeness (QED) is 0.805. The van der Waals surface area contributed by atoms with E-state index < -0.39 is 5.97 Å². The number of carboxylic acids is 1. The van der Waals surface area contributed by atoms with Crippen LogP contribution in [0.1, 0.15) is 16.8 Å². The fourth-order valence-corrected chi connectivity index (χ4v) is 2.23. The predicted molar refractivity (Wildman–Crippen MR) is 69.2 cm³/mol. The number of hydrogen-bond acceptors (Lipinski definition) is 5. The van der Waals surface area contributed by atoms with Gasteiger partial charge >= 0.3 is 5.97 Å². The SMILES string of the molecule is COCCCOc1cc(C(=O)O)c(Br)c2c1OCO2. The lowest BCUT2D eigenvalue weighted by molar-refractivity contribution is 0.0694. The molecule has 0 spiro atoms. The van der Waals surface area contributed by atoms with Crippen LogP contribution in [0.2, 0.25) is 0 Å². The highest BCUT2D eigenvalue weighted by Gasteiger charge is 2.27. The molecule has 0 saturated heterocycles. The second-order valence-electron chi connectivity index (χ2n) is 3.80. The highest BCUT2D eigenvalue weighted by molar-refractivity contribution is 9.10. The van der Waals surface area contributed by atoms with Gasteiger partial charge in [-0.2, -0.15) is 0 Å². The summed E-state index contributed by atoms with van der Waals surface area (Å²) in [6.45, 7) is 1.03. The van der Waals surface area contributed by atoms with Gasteiger partial charge in [0.05, 0.1) is 16.6 Å². The Morgan fingerprint density at radius 1 is 1.42 bits per heavy atom. The first kappa shape index (κ1) is 14.0. The molecule has 104 valence electrons. The lowest BCUT2D eigenvalue weighted by Crippen LogP contribution is -2.04. The summed E-state index contributed by atoms with van der Waals surface area (Å²) in [6.07, 6.45) is 0.699. The Kier molecular flexibility index (Phi) is 4.49. The van der Waals surface area contributed by atoms with Crippen LogP contribution in [-0.2, 0) is 4.74 Å². The van der Waals surface area contributed by atoms with E-state index in [1.54, 1.807) is 7.11 Å². The van der Waals surface area contributed by atoms with Gasteiger partial charge < -0.3 is 24.1 Å². The second-order valence-corrected chi connectivity index (χ2v) is 4.59. The summed E-state index contributed by atoms with van der Waals surface area (Å²) in [5.41, 5.74) is 0.0750. The third-order valence-corrected chi connectivity index (χ3v) is 3.32. The van der Waals surface area contributed by atoms with Crippen LogP contribution in [-0.4, -0.2) is 38.2 Å². The highest BCUT2D eigenvalue weighted by atomic mass is 79.9. The fraction of sp³-hybridized carbons (Fsp3) is 0.417. The lowest BCUT2D eigenvalue weighted by Gasteiger charge is -2.11. The van der Waals surface area contributed by atoms with Crippen LogP contribution in [0.15, 0.2) is 10.5 Å². The zero-order chi connectivity index (χ0) is 13.8. The second kappa shape index (κ2) is 6.12. The van der Waals surface area contributed by atoms with Crippen LogP contribution in [0.3, 0.4) is 0 Å². The summed E-state index contributed by atoms with van der Waals surface area (Å²) in [6, 6.07) is 1.42. The van der Waals surface area contributed by atoms with Crippen molar-refractivity contribution in [1.82, 2.24) is 0 Å². The van der Waals surface area contributed by atoms with E-state index in [2.05, 4.69) is 15.9 Å². The van der Waals surface area contributed by atoms with Crippen LogP contribution in [0.25, 0.3) is 0 Å². The first-order valence-corrected chi connectivity index (χ1v) is 6.41. The Bertz CT molecular complexity index is 488. The molecule has 0 saturated carbocycles. The smallest absolute Gasteiger partial charge is 0.337 e. The molecular formula is C12H13BrO6. The molecule has 1 aliphatic heterocycles. The van der Waals surface area contributed by atoms with Gasteiger partial charge in [0.15, 0.2) is 11.5 Å². The number of rotatable bonds is 6. The topological polar surface area (TPSA) is 74.2 Å². The minimum Gasteiger partial charge on any atom is -0.489 e. The van der Waals surface area contributed by atoms with E-state index in [1.165, 1.54) is 6.07 Å². The first-order valence-electron chi connectivity index (χ1n) is 5.62. The molecule has 19 heavy (non-hydrogen) atoms. The molecule has 1 aliphatic rings. The summed E-state index contributed by atoms with van der Waals surface area (Å²) in [5, 5.41) is 9.13. The predicted octanol–water partition coefficient (Wildman–Crippen LogP) is 2.29. The van der Waals surface area contributed by atoms with Crippen LogP contribution in [0, 0.1) is 0 Å². The van der Waals surface area contributed by atoms with Crippen molar-refractivity contribution in [1.29, 1.82) is 0 Å². The zero-order valence-corrected chi connectivity index (χ0v) is 11.9. The Balaban J connectivity index is 2.25. The van der Waals surface area contributed by atoms with Gasteiger partial charge in [0.1, 0.15) is 0 Å². The van der Waals surface area contributed by atoms with Gasteiger partial charge in [-0.25, -0.2) is 4.79 Å². The van der Waals surface area contributed by atoms with Crippen molar-refractivity contribution >= 4 is 21.9 Å². The number of methoxy groups -OCH3 is 1. The third-order valence-electron chi connectivity index (χ3n) is 2.53. The molecule has 0 amide bonds. The van der Waals surface area contributed by atoms with Crippen molar-refractivity contribution < 1.29 is 28.8 Å². The zero-order valence-electron chi connectivity index (χ0n) is 10.3. The molecule has 2 rings (SSSR count). The normalized spacial score (nSPS) is 12.5. The largest absolute Gasteiger partial charge is 0.489 e. The molecule has 0 unspecified atom stereocenters. The van der Waals surface area contributed by atoms with Crippen molar-refractivity contribution in [3.63, 3.8) is 0 Å². The molecule has 1 aromatic rings. The van der Waals surface area contributed by atoms with E-state index >= 15 is 0 Å². The molecule has 0 aliphatic carbocycles. The van der Waals surface area contributed by atoms with Gasteiger partial charge in [0.25, 0.3) is 0 Å². The van der Waals surface area contributed by atoms with Gasteiger partial charge in [-0.15, -0.1) is 0 Å². The fourth-order valence-electron chi connectivity index (χ4n) is 1.66. The summed E-state index contributed by atoms with van der Waals surface area (Å²) in [5.74, 6) is 0.0899. The summed E-state index contributed by atoms with van der Waals surface area (Å²) < 4.78 is 21.4. The molecule has 6 nitrogen and oxygen atoms in total. The Morgan fingerprint density at radius 2 is 2.16 bits per heavy atom. The van der Waals surface area contributed by atoms with Gasteiger partial charge in [-0.05, 0) is 22.0 Å². The number of benzene rings is 1. The molecule has 0 fully saturated rings. The summed E-state index contributed by atoms with van der Waals surface area (Å²) >= 11 is 3.20. The van der Waals surface area contributed by atoms with Crippen molar-refractivity contribution in [2.24, 2.45) is 0 Å². The minimum absolute atomic E-state index is 0.0471. The number of carbonyl (C=O) groups is 1. The molecule has 1 N–H and O–H groups in total. The summed E-state index contributed by atoms with van der Waals surface area (Å²) in [4.78, 5) is 11.1. The molecule has 0 aromatic heterocycles. The standard InChI is InChI=1S/C12H13BrO6/c1-16-3-2-4-17-8-5-7(12(14)15)9(13)11-10(8)18-6-19-11/h5H,2-4,6H2,1H3,(H,14,15). The van der Waals surface area contributed by atoms with Crippen molar-refractivity contribution in [3.05, 3.63) is 16.1 Å². The minimum atomic E-state index is -1.06. The molecule has 0 bridgehead atoms. The maximum Gasteiger partial charge on any atom is 0.337 e. The van der Waals surface area contributed by atoms with Crippen LogP contribution >= 0.6 is 15.9 Å². The van der Waals surface area contributed by atoms with Crippen molar-refractivity contribution in [2.75, 3.05) is 27.1 Å². The number of ether oxygens (including phenoxy) is 4. The Hall–Kier alpha value is -1.47. The Labute approximate surface area is 118 Å². The molecule has 0 radical (unpaired) electrons. The van der Waals surface area contributed by atoms with Crippen LogP contribution in [0.5, 0.6) is 17.2 Å². The number of halogens is 1. The third kappa shape index (κ3) is 2.93. The average molecular weight is 333 g/mol. The number of hydrogen-bond donors (Lipinski definition) is 1. The van der Waals surface area contributed by atoms with E-state index in [-0.39, 0.29) is 12.4 Å². The van der Waals surface area contributed by atoms with Crippen LogP contribution < -0.4 is 14.2 Å². The van der Waals surface area contributed by atoms with Crippen molar-refractivity contribution in [2.45, 2.75) is 6.42 Å². The van der Waals surface area contributed by atoms with Gasteiger partial charge in [0.2, 0.25) is 12.5 Å². The van der Waals surface area contributed by atoms with Crippen molar-refractivity contribution in [3.8, 4) is 17.2 Å². The molecule has 1 aromatic carbocycles. The molecule has 7 heteroatoms. The molecule has 0 atom stereocenters. The van der Waals surface area contributed by atoms with Gasteiger partial charge in [0, 0.05) is 20.1 Å².